The lowest BCUT2D eigenvalue weighted by Gasteiger charge is -2.29. The van der Waals surface area contributed by atoms with Crippen LogP contribution in [0.1, 0.15) is 46.4 Å². The molecule has 1 saturated carbocycles. The SMILES string of the molecule is O=C1c2ccccc2C(=O)N1c1cccc(F)c1NC1CCC(O)CC1. The summed E-state index contributed by atoms with van der Waals surface area (Å²) in [4.78, 5) is 26.5. The molecule has 0 aromatic heterocycles. The molecule has 2 amide bonds. The van der Waals surface area contributed by atoms with E-state index >= 15 is 0 Å². The lowest BCUT2D eigenvalue weighted by Crippen LogP contribution is -2.33. The van der Waals surface area contributed by atoms with Crippen LogP contribution in [0.25, 0.3) is 0 Å². The van der Waals surface area contributed by atoms with Crippen molar-refractivity contribution in [2.75, 3.05) is 10.2 Å². The number of rotatable bonds is 3. The third-order valence-electron chi connectivity index (χ3n) is 5.07. The molecule has 0 saturated heterocycles. The second-order valence-corrected chi connectivity index (χ2v) is 6.78. The average Bonchev–Trinajstić information content (AvgIpc) is 2.90. The summed E-state index contributed by atoms with van der Waals surface area (Å²) in [6.07, 6.45) is 2.39. The van der Waals surface area contributed by atoms with Gasteiger partial charge in [0.15, 0.2) is 0 Å². The molecule has 2 aliphatic rings. The highest BCUT2D eigenvalue weighted by atomic mass is 19.1. The average molecular weight is 354 g/mol. The molecular formula is C20H19FN2O3. The fourth-order valence-electron chi connectivity index (χ4n) is 3.67. The Morgan fingerprint density at radius 1 is 0.923 bits per heavy atom. The number of halogens is 1. The summed E-state index contributed by atoms with van der Waals surface area (Å²) in [5.74, 6) is -1.40. The minimum absolute atomic E-state index is 0.00997. The number of fused-ring (bicyclic) bond motifs is 1. The minimum Gasteiger partial charge on any atom is -0.393 e. The van der Waals surface area contributed by atoms with E-state index in [0.29, 0.717) is 36.8 Å². The standard InChI is InChI=1S/C20H19FN2O3/c21-16-6-3-7-17(18(16)22-12-8-10-13(24)11-9-12)23-19(25)14-4-1-2-5-15(14)20(23)26/h1-7,12-13,22,24H,8-11H2. The molecule has 1 fully saturated rings. The van der Waals surface area contributed by atoms with Gasteiger partial charge in [-0.15, -0.1) is 0 Å². The van der Waals surface area contributed by atoms with Crippen LogP contribution >= 0.6 is 0 Å². The number of carbonyl (C=O) groups excluding carboxylic acids is 2. The summed E-state index contributed by atoms with van der Waals surface area (Å²) in [7, 11) is 0. The van der Waals surface area contributed by atoms with Gasteiger partial charge in [0.25, 0.3) is 11.8 Å². The van der Waals surface area contributed by atoms with Crippen LogP contribution < -0.4 is 10.2 Å². The van der Waals surface area contributed by atoms with Crippen molar-refractivity contribution >= 4 is 23.2 Å². The summed E-state index contributed by atoms with van der Waals surface area (Å²) in [5, 5.41) is 12.8. The Kier molecular flexibility index (Phi) is 4.20. The Balaban J connectivity index is 1.69. The first-order chi connectivity index (χ1) is 12.6. The zero-order valence-electron chi connectivity index (χ0n) is 14.1. The van der Waals surface area contributed by atoms with Crippen LogP contribution in [0.5, 0.6) is 0 Å². The van der Waals surface area contributed by atoms with Crippen LogP contribution in [0.15, 0.2) is 42.5 Å². The second-order valence-electron chi connectivity index (χ2n) is 6.78. The smallest absolute Gasteiger partial charge is 0.266 e. The molecule has 2 aromatic rings. The molecular weight excluding hydrogens is 335 g/mol. The van der Waals surface area contributed by atoms with Crippen LogP contribution in [-0.4, -0.2) is 29.1 Å². The number of hydrogen-bond acceptors (Lipinski definition) is 4. The summed E-state index contributed by atoms with van der Waals surface area (Å²) >= 11 is 0. The fourth-order valence-corrected chi connectivity index (χ4v) is 3.67. The van der Waals surface area contributed by atoms with E-state index in [9.17, 15) is 19.1 Å². The molecule has 4 rings (SSSR count). The predicted octanol–water partition coefficient (Wildman–Crippen LogP) is 3.34. The maximum Gasteiger partial charge on any atom is 0.266 e. The lowest BCUT2D eigenvalue weighted by molar-refractivity contribution is 0.0926. The largest absolute Gasteiger partial charge is 0.393 e. The first-order valence-electron chi connectivity index (χ1n) is 8.77. The van der Waals surface area contributed by atoms with E-state index in [1.54, 1.807) is 30.3 Å². The molecule has 26 heavy (non-hydrogen) atoms. The quantitative estimate of drug-likeness (QED) is 0.830. The maximum atomic E-state index is 14.6. The van der Waals surface area contributed by atoms with E-state index < -0.39 is 17.6 Å². The number of para-hydroxylation sites is 1. The zero-order chi connectivity index (χ0) is 18.3. The highest BCUT2D eigenvalue weighted by Gasteiger charge is 2.38. The fraction of sp³-hybridized carbons (Fsp3) is 0.300. The molecule has 6 heteroatoms. The van der Waals surface area contributed by atoms with Gasteiger partial charge in [-0.25, -0.2) is 9.29 Å². The molecule has 0 unspecified atom stereocenters. The summed E-state index contributed by atoms with van der Waals surface area (Å²) in [6, 6.07) is 11.0. The molecule has 134 valence electrons. The third kappa shape index (κ3) is 2.76. The maximum absolute atomic E-state index is 14.6. The molecule has 1 aliphatic carbocycles. The number of carbonyl (C=O) groups is 2. The van der Waals surface area contributed by atoms with Crippen molar-refractivity contribution < 1.29 is 19.1 Å². The van der Waals surface area contributed by atoms with Crippen LogP contribution in [0.3, 0.4) is 0 Å². The molecule has 0 bridgehead atoms. The number of aliphatic hydroxyl groups excluding tert-OH is 1. The van der Waals surface area contributed by atoms with Crippen molar-refractivity contribution in [3.63, 3.8) is 0 Å². The number of imide groups is 1. The van der Waals surface area contributed by atoms with Gasteiger partial charge in [-0.1, -0.05) is 18.2 Å². The van der Waals surface area contributed by atoms with Crippen LogP contribution in [-0.2, 0) is 0 Å². The van der Waals surface area contributed by atoms with Crippen LogP contribution in [0, 0.1) is 5.82 Å². The van der Waals surface area contributed by atoms with Crippen molar-refractivity contribution in [3.05, 3.63) is 59.4 Å². The Bertz CT molecular complexity index is 840. The Morgan fingerprint density at radius 3 is 2.15 bits per heavy atom. The number of nitrogens with one attached hydrogen (secondary N) is 1. The van der Waals surface area contributed by atoms with Crippen molar-refractivity contribution in [2.45, 2.75) is 37.8 Å². The van der Waals surface area contributed by atoms with Crippen LogP contribution in [0.4, 0.5) is 15.8 Å². The number of benzene rings is 2. The Morgan fingerprint density at radius 2 is 1.54 bits per heavy atom. The van der Waals surface area contributed by atoms with E-state index in [-0.39, 0.29) is 23.5 Å². The second kappa shape index (κ2) is 6.53. The lowest BCUT2D eigenvalue weighted by atomic mass is 9.93. The molecule has 1 aliphatic heterocycles. The summed E-state index contributed by atoms with van der Waals surface area (Å²) < 4.78 is 14.6. The molecule has 2 N–H and O–H groups in total. The molecule has 0 atom stereocenters. The van der Waals surface area contributed by atoms with Gasteiger partial charge < -0.3 is 10.4 Å². The van der Waals surface area contributed by atoms with E-state index in [2.05, 4.69) is 5.32 Å². The van der Waals surface area contributed by atoms with Crippen LogP contribution in [0.2, 0.25) is 0 Å². The highest BCUT2D eigenvalue weighted by molar-refractivity contribution is 6.35. The van der Waals surface area contributed by atoms with Crippen molar-refractivity contribution in [1.82, 2.24) is 0 Å². The van der Waals surface area contributed by atoms with Gasteiger partial charge in [-0.3, -0.25) is 9.59 Å². The Hall–Kier alpha value is -2.73. The molecule has 0 spiro atoms. The number of aliphatic hydroxyl groups is 1. The zero-order valence-corrected chi connectivity index (χ0v) is 14.1. The normalized spacial score (nSPS) is 22.5. The Labute approximate surface area is 150 Å². The van der Waals surface area contributed by atoms with Gasteiger partial charge in [-0.05, 0) is 49.9 Å². The summed E-state index contributed by atoms with van der Waals surface area (Å²) in [5.41, 5.74) is 1.03. The molecule has 0 radical (unpaired) electrons. The third-order valence-corrected chi connectivity index (χ3v) is 5.07. The number of anilines is 2. The van der Waals surface area contributed by atoms with Gasteiger partial charge in [0.05, 0.1) is 28.6 Å². The first kappa shape index (κ1) is 16.7. The van der Waals surface area contributed by atoms with Crippen molar-refractivity contribution in [3.8, 4) is 0 Å². The summed E-state index contributed by atoms with van der Waals surface area (Å²) in [6.45, 7) is 0. The van der Waals surface area contributed by atoms with E-state index in [4.69, 9.17) is 0 Å². The monoisotopic (exact) mass is 354 g/mol. The van der Waals surface area contributed by atoms with E-state index in [1.807, 2.05) is 0 Å². The predicted molar refractivity (Wildman–Crippen MR) is 95.9 cm³/mol. The topological polar surface area (TPSA) is 69.6 Å². The number of nitrogens with zero attached hydrogens (tertiary/aromatic N) is 1. The van der Waals surface area contributed by atoms with Gasteiger partial charge >= 0.3 is 0 Å². The van der Waals surface area contributed by atoms with Gasteiger partial charge in [0, 0.05) is 6.04 Å². The minimum atomic E-state index is -0.509. The van der Waals surface area contributed by atoms with E-state index in [0.717, 1.165) is 4.90 Å². The van der Waals surface area contributed by atoms with Gasteiger partial charge in [0.2, 0.25) is 0 Å². The molecule has 2 aromatic carbocycles. The first-order valence-corrected chi connectivity index (χ1v) is 8.77. The number of hydrogen-bond donors (Lipinski definition) is 2. The molecule has 5 nitrogen and oxygen atoms in total. The van der Waals surface area contributed by atoms with Gasteiger partial charge in [-0.2, -0.15) is 0 Å². The highest BCUT2D eigenvalue weighted by Crippen LogP contribution is 2.36. The van der Waals surface area contributed by atoms with Crippen molar-refractivity contribution in [1.29, 1.82) is 0 Å². The molecule has 1 heterocycles. The van der Waals surface area contributed by atoms with Gasteiger partial charge in [0.1, 0.15) is 5.82 Å². The number of amides is 2. The van der Waals surface area contributed by atoms with Crippen molar-refractivity contribution in [2.24, 2.45) is 0 Å². The van der Waals surface area contributed by atoms with E-state index in [1.165, 1.54) is 12.1 Å².